The molecule has 2 unspecified atom stereocenters. The van der Waals surface area contributed by atoms with Gasteiger partial charge in [-0.15, -0.1) is 0 Å². The minimum atomic E-state index is -1.31. The molecule has 0 spiro atoms. The van der Waals surface area contributed by atoms with Crippen LogP contribution in [0.25, 0.3) is 33.1 Å². The molecule has 6 aromatic heterocycles. The maximum absolute atomic E-state index is 12.7. The number of nitrogens with two attached hydrogens (primary N) is 3. The first kappa shape index (κ1) is 84.7. The molecule has 0 saturated carbocycles. The summed E-state index contributed by atoms with van der Waals surface area (Å²) in [7, 11) is 2.76. The number of carboxylic acid groups (broad SMARTS) is 4. The van der Waals surface area contributed by atoms with Crippen LogP contribution in [0, 0.1) is 0 Å². The normalized spacial score (nSPS) is 12.3. The Kier molecular flexibility index (Phi) is 31.2. The number of benzene rings is 3. The maximum atomic E-state index is 12.7. The van der Waals surface area contributed by atoms with Crippen molar-refractivity contribution in [2.24, 2.45) is 0 Å². The first-order chi connectivity index (χ1) is 52.9. The fourth-order valence-electron chi connectivity index (χ4n) is 11.1. The van der Waals surface area contributed by atoms with E-state index in [-0.39, 0.29) is 128 Å². The highest BCUT2D eigenvalue weighted by atomic mass is 16.5. The van der Waals surface area contributed by atoms with Gasteiger partial charge >= 0.3 is 35.8 Å². The first-order valence-corrected chi connectivity index (χ1v) is 34.5. The Hall–Kier alpha value is -13.6. The van der Waals surface area contributed by atoms with E-state index in [0.717, 1.165) is 33.4 Å². The van der Waals surface area contributed by atoms with E-state index in [9.17, 15) is 77.3 Å². The molecular formula is C72H85N17O22. The maximum Gasteiger partial charge on any atom is 0.326 e. The van der Waals surface area contributed by atoms with E-state index in [2.05, 4.69) is 71.4 Å². The summed E-state index contributed by atoms with van der Waals surface area (Å²) in [6.45, 7) is 3.08. The molecule has 5 amide bonds. The number of hydrogen-bond donors (Lipinski definition) is 18. The third kappa shape index (κ3) is 26.1. The van der Waals surface area contributed by atoms with Gasteiger partial charge in [0.15, 0.2) is 0 Å². The zero-order valence-electron chi connectivity index (χ0n) is 60.6. The van der Waals surface area contributed by atoms with Crippen molar-refractivity contribution in [1.82, 2.24) is 71.4 Å². The second kappa shape index (κ2) is 40.9. The minimum Gasteiger partial charge on any atom is -0.481 e. The number of ether oxygens (including phenoxy) is 4. The van der Waals surface area contributed by atoms with Crippen LogP contribution in [0.4, 0.5) is 17.8 Å². The van der Waals surface area contributed by atoms with E-state index < -0.39 is 83.9 Å². The predicted molar refractivity (Wildman–Crippen MR) is 398 cm³/mol. The molecule has 3 aromatic carbocycles. The van der Waals surface area contributed by atoms with Crippen LogP contribution in [0.3, 0.4) is 0 Å². The number of anilines is 3. The summed E-state index contributed by atoms with van der Waals surface area (Å²) in [6, 6.07) is 15.9. The van der Waals surface area contributed by atoms with E-state index >= 15 is 0 Å². The molecule has 9 rings (SSSR count). The SMILES string of the molecule is COCC(=O)NCC(C)OC(=O)CC[C@@H](NC(=O)c1ccc(CCc2c[nH]c3nc(N)[nH]c(=O)c23)cc1)C(=O)O.COCC(=O)NCC(C)OC(=O)CC[C@@H](NC(=O)c1ccc(CCc2c[nH]c3nc(N)[nH]c(=O)c23)cc1)C(=O)O.Nc1nc2[nH]cc(CCc3ccc(C(=O)N[C@H](CCC(=O)O)C(=O)O)cc3)c2c(=O)[nH]1. The number of carbonyl (C=O) groups is 11. The smallest absolute Gasteiger partial charge is 0.326 e. The second-order valence-electron chi connectivity index (χ2n) is 25.2. The summed E-state index contributed by atoms with van der Waals surface area (Å²) in [5.74, 6) is -8.76. The van der Waals surface area contributed by atoms with Gasteiger partial charge in [0.1, 0.15) is 60.5 Å². The van der Waals surface area contributed by atoms with Gasteiger partial charge in [-0.1, -0.05) is 36.4 Å². The Morgan fingerprint density at radius 2 is 0.703 bits per heavy atom. The van der Waals surface area contributed by atoms with Gasteiger partial charge in [0.25, 0.3) is 34.4 Å². The number of aryl methyl sites for hydroxylation is 6. The molecule has 0 aliphatic carbocycles. The van der Waals surface area contributed by atoms with Crippen LogP contribution in [-0.2, 0) is 95.8 Å². The molecule has 0 aliphatic rings. The molecule has 5 atom stereocenters. The Balaban J connectivity index is 0.000000233. The number of rotatable bonds is 37. The Bertz CT molecular complexity index is 4770. The zero-order valence-corrected chi connectivity index (χ0v) is 60.6. The van der Waals surface area contributed by atoms with Gasteiger partial charge in [-0.05, 0) is 141 Å². The number of carboxylic acids is 4. The van der Waals surface area contributed by atoms with Crippen LogP contribution in [0.5, 0.6) is 0 Å². The fraction of sp³-hybridized carbons (Fsp3) is 0.347. The Morgan fingerprint density at radius 1 is 0.423 bits per heavy atom. The Morgan fingerprint density at radius 3 is 0.964 bits per heavy atom. The molecule has 590 valence electrons. The number of nitrogen functional groups attached to an aromatic ring is 3. The second-order valence-corrected chi connectivity index (χ2v) is 25.2. The summed E-state index contributed by atoms with van der Waals surface area (Å²) in [6.07, 6.45) is 5.82. The van der Waals surface area contributed by atoms with Crippen molar-refractivity contribution in [3.8, 4) is 0 Å². The van der Waals surface area contributed by atoms with E-state index in [1.165, 1.54) is 14.2 Å². The van der Waals surface area contributed by atoms with Crippen molar-refractivity contribution in [1.29, 1.82) is 0 Å². The number of nitrogens with one attached hydrogen (secondary N) is 11. The molecule has 21 N–H and O–H groups in total. The number of fused-ring (bicyclic) bond motifs is 3. The number of carbonyl (C=O) groups excluding carboxylic acids is 7. The van der Waals surface area contributed by atoms with Crippen LogP contribution in [-0.4, -0.2) is 201 Å². The average molecular weight is 1540 g/mol. The molecule has 39 heteroatoms. The summed E-state index contributed by atoms with van der Waals surface area (Å²) >= 11 is 0. The van der Waals surface area contributed by atoms with Gasteiger partial charge in [-0.25, -0.2) is 14.4 Å². The number of nitrogens with zero attached hydrogens (tertiary/aromatic N) is 3. The van der Waals surface area contributed by atoms with Crippen molar-refractivity contribution < 1.29 is 92.1 Å². The summed E-state index contributed by atoms with van der Waals surface area (Å²) in [4.78, 5) is 195. The summed E-state index contributed by atoms with van der Waals surface area (Å²) < 4.78 is 19.7. The van der Waals surface area contributed by atoms with Crippen molar-refractivity contribution in [3.63, 3.8) is 0 Å². The number of amides is 5. The average Bonchev–Trinajstić information content (AvgIpc) is 1.67. The molecule has 9 aromatic rings. The number of esters is 2. The highest BCUT2D eigenvalue weighted by Gasteiger charge is 2.27. The Labute approximate surface area is 629 Å². The predicted octanol–water partition coefficient (Wildman–Crippen LogP) is 1.22. The number of aliphatic carboxylic acids is 4. The van der Waals surface area contributed by atoms with Crippen LogP contribution >= 0.6 is 0 Å². The van der Waals surface area contributed by atoms with Gasteiger partial charge in [-0.3, -0.25) is 67.7 Å². The molecule has 111 heavy (non-hydrogen) atoms. The lowest BCUT2D eigenvalue weighted by atomic mass is 10.0. The molecular weight excluding hydrogens is 1450 g/mol. The number of hydrogen-bond acceptors (Lipinski definition) is 24. The van der Waals surface area contributed by atoms with Crippen LogP contribution < -0.4 is 60.5 Å². The molecule has 6 heterocycles. The van der Waals surface area contributed by atoms with Gasteiger partial charge in [-0.2, -0.15) is 15.0 Å². The van der Waals surface area contributed by atoms with Gasteiger partial charge < -0.3 is 98.1 Å². The van der Waals surface area contributed by atoms with Gasteiger partial charge in [0.2, 0.25) is 29.7 Å². The largest absolute Gasteiger partial charge is 0.481 e. The number of methoxy groups -OCH3 is 2. The first-order valence-electron chi connectivity index (χ1n) is 34.5. The monoisotopic (exact) mass is 1540 g/mol. The van der Waals surface area contributed by atoms with Crippen molar-refractivity contribution in [2.45, 2.75) is 121 Å². The number of H-pyrrole nitrogens is 6. The van der Waals surface area contributed by atoms with E-state index in [4.69, 9.17) is 46.4 Å². The third-order valence-electron chi connectivity index (χ3n) is 16.7. The fourth-order valence-corrected chi connectivity index (χ4v) is 11.1. The van der Waals surface area contributed by atoms with Gasteiger partial charge in [0.05, 0.1) is 29.2 Å². The minimum absolute atomic E-state index is 0.0279. The summed E-state index contributed by atoms with van der Waals surface area (Å²) in [5.41, 5.74) is 22.7. The molecule has 0 bridgehead atoms. The third-order valence-corrected chi connectivity index (χ3v) is 16.7. The van der Waals surface area contributed by atoms with E-state index in [0.29, 0.717) is 71.6 Å². The molecule has 0 aliphatic heterocycles. The zero-order chi connectivity index (χ0) is 81.0. The van der Waals surface area contributed by atoms with Crippen LogP contribution in [0.2, 0.25) is 0 Å². The molecule has 0 radical (unpaired) electrons. The van der Waals surface area contributed by atoms with Crippen molar-refractivity contribution in [2.75, 3.05) is 57.7 Å². The highest BCUT2D eigenvalue weighted by molar-refractivity contribution is 5.98. The van der Waals surface area contributed by atoms with E-state index in [1.807, 2.05) is 0 Å². The highest BCUT2D eigenvalue weighted by Crippen LogP contribution is 2.21. The van der Waals surface area contributed by atoms with Crippen molar-refractivity contribution >= 4 is 116 Å². The lowest BCUT2D eigenvalue weighted by Gasteiger charge is -2.16. The lowest BCUT2D eigenvalue weighted by molar-refractivity contribution is -0.150. The summed E-state index contributed by atoms with van der Waals surface area (Å²) in [5, 5.41) is 50.4. The number of aromatic nitrogens is 9. The van der Waals surface area contributed by atoms with Gasteiger partial charge in [0, 0.05) is 68.8 Å². The van der Waals surface area contributed by atoms with Crippen LogP contribution in [0.1, 0.15) is 117 Å². The molecule has 0 fully saturated rings. The van der Waals surface area contributed by atoms with Crippen LogP contribution in [0.15, 0.2) is 106 Å². The quantitative estimate of drug-likeness (QED) is 0.0243. The van der Waals surface area contributed by atoms with E-state index in [1.54, 1.807) is 105 Å². The lowest BCUT2D eigenvalue weighted by Crippen LogP contribution is -2.41. The van der Waals surface area contributed by atoms with Crippen molar-refractivity contribution in [3.05, 3.63) is 173 Å². The topological polar surface area (TPSA) is 628 Å². The molecule has 39 nitrogen and oxygen atoms in total. The number of aromatic amines is 6. The molecule has 0 saturated heterocycles. The standard InChI is InChI=1S/2C26H32N6O8.C20H21N5O6/c2*1-14(11-28-19(33)13-39-2)40-20(34)10-9-18(25(37)38)30-23(35)16-6-3-15(4-7-16)5-8-17-12-29-22-21(17)24(36)32-26(27)31-22;21-20-24-16-15(18(29)25-20)12(9-22-16)6-3-10-1-4-11(5-2-10)17(28)23-13(19(30)31)7-8-14(26)27/h2*3-4,6-7,12,14,18H,5,8-11,13H2,1-2H3,(H,28,33)(H,30,35)(H,37,38)(H4,27,29,31,32,36);1-2,4-5,9,13H,3,6-8H2,(H,23,28)(H,26,27)(H,30,31)(H4,21,22,24,25,29)/t2*14?,18-;13-/m111/s1.